The lowest BCUT2D eigenvalue weighted by Crippen LogP contribution is -2.34. The highest BCUT2D eigenvalue weighted by Crippen LogP contribution is 2.39. The molecule has 0 unspecified atom stereocenters. The highest BCUT2D eigenvalue weighted by molar-refractivity contribution is 7.80. The molecule has 0 bridgehead atoms. The number of nitrogens with one attached hydrogen (secondary N) is 2. The van der Waals surface area contributed by atoms with Crippen LogP contribution in [-0.2, 0) is 12.8 Å². The number of hydrogen-bond donors (Lipinski definition) is 2. The van der Waals surface area contributed by atoms with Crippen LogP contribution in [0.1, 0.15) is 39.7 Å². The summed E-state index contributed by atoms with van der Waals surface area (Å²) in [5.74, 6) is 1.00. The van der Waals surface area contributed by atoms with Gasteiger partial charge in [0.05, 0.1) is 12.7 Å². The molecule has 0 spiro atoms. The maximum Gasteiger partial charge on any atom is 0.257 e. The van der Waals surface area contributed by atoms with E-state index in [1.165, 1.54) is 4.88 Å². The highest BCUT2D eigenvalue weighted by Gasteiger charge is 2.24. The molecule has 1 atom stereocenters. The third-order valence-electron chi connectivity index (χ3n) is 4.43. The second kappa shape index (κ2) is 7.85. The second-order valence-corrected chi connectivity index (χ2v) is 7.82. The van der Waals surface area contributed by atoms with Crippen LogP contribution in [0.2, 0.25) is 0 Å². The van der Waals surface area contributed by atoms with E-state index in [0.29, 0.717) is 27.8 Å². The summed E-state index contributed by atoms with van der Waals surface area (Å²) in [7, 11) is 1.57. The quantitative estimate of drug-likeness (QED) is 0.785. The number of rotatable bonds is 3. The highest BCUT2D eigenvalue weighted by atomic mass is 32.1. The largest absolute Gasteiger partial charge is 0.497 e. The first kappa shape index (κ1) is 18.4. The van der Waals surface area contributed by atoms with Crippen molar-refractivity contribution < 1.29 is 9.53 Å². The molecule has 134 valence electrons. The van der Waals surface area contributed by atoms with Crippen LogP contribution < -0.4 is 15.4 Å². The van der Waals surface area contributed by atoms with Gasteiger partial charge >= 0.3 is 0 Å². The molecule has 1 heterocycles. The SMILES string of the molecule is COc1ccc(C(=O)NC(=S)Nc2sc3c(c2C#N)CC[C@H](C)C3)cc1. The molecule has 0 aliphatic heterocycles. The summed E-state index contributed by atoms with van der Waals surface area (Å²) >= 11 is 6.82. The molecule has 3 rings (SSSR count). The van der Waals surface area contributed by atoms with Gasteiger partial charge in [0, 0.05) is 10.4 Å². The van der Waals surface area contributed by atoms with Crippen molar-refractivity contribution in [2.45, 2.75) is 26.2 Å². The van der Waals surface area contributed by atoms with Crippen molar-refractivity contribution in [2.24, 2.45) is 5.92 Å². The van der Waals surface area contributed by atoms with Crippen LogP contribution in [0.4, 0.5) is 5.00 Å². The molecular formula is C19H19N3O2S2. The van der Waals surface area contributed by atoms with Crippen LogP contribution in [0.3, 0.4) is 0 Å². The number of hydrogen-bond acceptors (Lipinski definition) is 5. The molecule has 1 amide bonds. The molecule has 0 saturated heterocycles. The Labute approximate surface area is 162 Å². The van der Waals surface area contributed by atoms with E-state index in [2.05, 4.69) is 23.6 Å². The zero-order chi connectivity index (χ0) is 18.7. The third kappa shape index (κ3) is 3.87. The molecule has 7 heteroatoms. The van der Waals surface area contributed by atoms with E-state index < -0.39 is 0 Å². The standard InChI is InChI=1S/C19H19N3O2S2/c1-11-3-8-14-15(10-20)18(26-16(14)9-11)22-19(25)21-17(23)12-4-6-13(24-2)7-5-12/h4-7,11H,3,8-9H2,1-2H3,(H2,21,22,23,25)/t11-/m0/s1. The van der Waals surface area contributed by atoms with Crippen LogP contribution in [0.15, 0.2) is 24.3 Å². The summed E-state index contributed by atoms with van der Waals surface area (Å²) in [6.45, 7) is 2.22. The van der Waals surface area contributed by atoms with E-state index in [0.717, 1.165) is 24.8 Å². The summed E-state index contributed by atoms with van der Waals surface area (Å²) in [5.41, 5.74) is 2.26. The average molecular weight is 386 g/mol. The Bertz CT molecular complexity index is 881. The number of anilines is 1. The topological polar surface area (TPSA) is 74.2 Å². The van der Waals surface area contributed by atoms with Gasteiger partial charge in [-0.05, 0) is 67.2 Å². The predicted molar refractivity (Wildman–Crippen MR) is 107 cm³/mol. The van der Waals surface area contributed by atoms with E-state index in [9.17, 15) is 10.1 Å². The molecule has 0 radical (unpaired) electrons. The first-order valence-electron chi connectivity index (χ1n) is 8.32. The second-order valence-electron chi connectivity index (χ2n) is 6.30. The summed E-state index contributed by atoms with van der Waals surface area (Å²) < 4.78 is 5.08. The van der Waals surface area contributed by atoms with E-state index >= 15 is 0 Å². The van der Waals surface area contributed by atoms with Crippen LogP contribution in [0.5, 0.6) is 5.75 Å². The molecular weight excluding hydrogens is 366 g/mol. The summed E-state index contributed by atoms with van der Waals surface area (Å²) in [5, 5.41) is 16.1. The number of amides is 1. The Hall–Kier alpha value is -2.43. The van der Waals surface area contributed by atoms with Crippen LogP contribution in [-0.4, -0.2) is 18.1 Å². The normalized spacial score (nSPS) is 15.5. The minimum absolute atomic E-state index is 0.189. The summed E-state index contributed by atoms with van der Waals surface area (Å²) in [4.78, 5) is 13.5. The molecule has 5 nitrogen and oxygen atoms in total. The van der Waals surface area contributed by atoms with E-state index in [-0.39, 0.29) is 11.0 Å². The van der Waals surface area contributed by atoms with Crippen molar-refractivity contribution in [3.05, 3.63) is 45.8 Å². The van der Waals surface area contributed by atoms with Crippen molar-refractivity contribution >= 4 is 39.6 Å². The Balaban J connectivity index is 1.70. The van der Waals surface area contributed by atoms with Crippen LogP contribution in [0.25, 0.3) is 0 Å². The minimum atomic E-state index is -0.307. The predicted octanol–water partition coefficient (Wildman–Crippen LogP) is 3.88. The Kier molecular flexibility index (Phi) is 5.55. The van der Waals surface area contributed by atoms with Crippen molar-refractivity contribution in [3.63, 3.8) is 0 Å². The minimum Gasteiger partial charge on any atom is -0.497 e. The number of ether oxygens (including phenoxy) is 1. The smallest absolute Gasteiger partial charge is 0.257 e. The fourth-order valence-corrected chi connectivity index (χ4v) is 4.63. The van der Waals surface area contributed by atoms with E-state index in [1.807, 2.05) is 0 Å². The molecule has 1 aromatic heterocycles. The van der Waals surface area contributed by atoms with Crippen molar-refractivity contribution in [1.29, 1.82) is 5.26 Å². The number of nitrogens with zero attached hydrogens (tertiary/aromatic N) is 1. The van der Waals surface area contributed by atoms with Gasteiger partial charge in [0.2, 0.25) is 0 Å². The van der Waals surface area contributed by atoms with Crippen LogP contribution in [0, 0.1) is 17.2 Å². The molecule has 2 aromatic rings. The summed E-state index contributed by atoms with van der Waals surface area (Å²) in [6.07, 6.45) is 3.00. The lowest BCUT2D eigenvalue weighted by molar-refractivity contribution is 0.0977. The maximum absolute atomic E-state index is 12.3. The number of carbonyl (C=O) groups is 1. The van der Waals surface area contributed by atoms with Crippen molar-refractivity contribution in [3.8, 4) is 11.8 Å². The molecule has 1 aromatic carbocycles. The molecule has 2 N–H and O–H groups in total. The first-order chi connectivity index (χ1) is 12.5. The van der Waals surface area contributed by atoms with E-state index in [4.69, 9.17) is 17.0 Å². The molecule has 26 heavy (non-hydrogen) atoms. The Morgan fingerprint density at radius 1 is 1.38 bits per heavy atom. The van der Waals surface area contributed by atoms with Gasteiger partial charge in [-0.25, -0.2) is 0 Å². The number of carbonyl (C=O) groups excluding carboxylic acids is 1. The lowest BCUT2D eigenvalue weighted by atomic mass is 9.89. The van der Waals surface area contributed by atoms with Gasteiger partial charge in [0.1, 0.15) is 16.8 Å². The summed E-state index contributed by atoms with van der Waals surface area (Å²) in [6, 6.07) is 9.05. The third-order valence-corrected chi connectivity index (χ3v) is 5.80. The number of thiocarbonyl (C=S) groups is 1. The van der Waals surface area contributed by atoms with Gasteiger partial charge in [-0.2, -0.15) is 5.26 Å². The van der Waals surface area contributed by atoms with Crippen molar-refractivity contribution in [1.82, 2.24) is 5.32 Å². The van der Waals surface area contributed by atoms with Crippen LogP contribution >= 0.6 is 23.6 Å². The van der Waals surface area contributed by atoms with Gasteiger partial charge in [-0.1, -0.05) is 6.92 Å². The number of nitriles is 1. The van der Waals surface area contributed by atoms with Gasteiger partial charge in [0.15, 0.2) is 5.11 Å². The van der Waals surface area contributed by atoms with Gasteiger partial charge in [-0.3, -0.25) is 10.1 Å². The molecule has 1 aliphatic carbocycles. The van der Waals surface area contributed by atoms with Gasteiger partial charge in [-0.15, -0.1) is 11.3 Å². The Morgan fingerprint density at radius 3 is 2.77 bits per heavy atom. The lowest BCUT2D eigenvalue weighted by Gasteiger charge is -2.17. The molecule has 0 fully saturated rings. The fraction of sp³-hybridized carbons (Fsp3) is 0.316. The maximum atomic E-state index is 12.3. The zero-order valence-corrected chi connectivity index (χ0v) is 16.2. The fourth-order valence-electron chi connectivity index (χ4n) is 3.01. The molecule has 0 saturated carbocycles. The number of benzene rings is 1. The monoisotopic (exact) mass is 385 g/mol. The van der Waals surface area contributed by atoms with Gasteiger partial charge < -0.3 is 10.1 Å². The van der Waals surface area contributed by atoms with Crippen molar-refractivity contribution in [2.75, 3.05) is 12.4 Å². The molecule has 1 aliphatic rings. The van der Waals surface area contributed by atoms with E-state index in [1.54, 1.807) is 42.7 Å². The first-order valence-corrected chi connectivity index (χ1v) is 9.55. The van der Waals surface area contributed by atoms with Gasteiger partial charge in [0.25, 0.3) is 5.91 Å². The Morgan fingerprint density at radius 2 is 2.12 bits per heavy atom. The number of thiophene rings is 1. The average Bonchev–Trinajstić information content (AvgIpc) is 2.97. The zero-order valence-electron chi connectivity index (χ0n) is 14.6. The number of methoxy groups -OCH3 is 1. The number of fused-ring (bicyclic) bond motifs is 1.